The lowest BCUT2D eigenvalue weighted by molar-refractivity contribution is 0.0989. The lowest BCUT2D eigenvalue weighted by Gasteiger charge is -2.34. The quantitative estimate of drug-likeness (QED) is 0.245. The van der Waals surface area contributed by atoms with Crippen LogP contribution in [-0.2, 0) is 19.6 Å². The molecule has 3 nitrogen and oxygen atoms in total. The predicted molar refractivity (Wildman–Crippen MR) is 150 cm³/mol. The van der Waals surface area contributed by atoms with Gasteiger partial charge in [0.25, 0.3) is 0 Å². The highest BCUT2D eigenvalue weighted by Crippen LogP contribution is 2.43. The Morgan fingerprint density at radius 3 is 1.84 bits per heavy atom. The Kier molecular flexibility index (Phi) is 6.72. The first kappa shape index (κ1) is 23.5. The molecule has 1 aromatic heterocycles. The van der Waals surface area contributed by atoms with Gasteiger partial charge in [0.2, 0.25) is 0 Å². The summed E-state index contributed by atoms with van der Waals surface area (Å²) in [5.41, 5.74) is 7.67. The van der Waals surface area contributed by atoms with Crippen LogP contribution in [0.5, 0.6) is 0 Å². The minimum absolute atomic E-state index is 0.0957. The molecule has 0 radical (unpaired) electrons. The molecule has 5 aromatic rings. The van der Waals surface area contributed by atoms with Crippen LogP contribution in [0.1, 0.15) is 39.6 Å². The maximum absolute atomic E-state index is 6.60. The van der Waals surface area contributed by atoms with Gasteiger partial charge in [0.1, 0.15) is 11.5 Å². The minimum atomic E-state index is 0.0957. The number of nitrogens with zero attached hydrogens (tertiary/aromatic N) is 2. The number of rotatable bonds is 6. The van der Waals surface area contributed by atoms with Crippen molar-refractivity contribution in [1.82, 2.24) is 9.80 Å². The van der Waals surface area contributed by atoms with E-state index in [0.29, 0.717) is 0 Å². The molecule has 0 spiro atoms. The van der Waals surface area contributed by atoms with Gasteiger partial charge in [0, 0.05) is 36.3 Å². The van der Waals surface area contributed by atoms with Gasteiger partial charge in [-0.25, -0.2) is 0 Å². The number of hydrogen-bond acceptors (Lipinski definition) is 3. The zero-order chi connectivity index (χ0) is 25.0. The molecular weight excluding hydrogens is 452 g/mol. The summed E-state index contributed by atoms with van der Waals surface area (Å²) in [5.74, 6) is 2.00. The van der Waals surface area contributed by atoms with E-state index >= 15 is 0 Å². The van der Waals surface area contributed by atoms with E-state index in [0.717, 1.165) is 43.4 Å². The van der Waals surface area contributed by atoms with Gasteiger partial charge >= 0.3 is 0 Å². The molecule has 184 valence electrons. The fourth-order valence-corrected chi connectivity index (χ4v) is 5.66. The van der Waals surface area contributed by atoms with Crippen LogP contribution in [0.25, 0.3) is 11.3 Å². The molecular formula is C34H32N2O. The van der Waals surface area contributed by atoms with Crippen molar-refractivity contribution in [3.8, 4) is 11.3 Å². The Balaban J connectivity index is 1.51. The Morgan fingerprint density at radius 1 is 0.676 bits per heavy atom. The maximum Gasteiger partial charge on any atom is 0.139 e. The lowest BCUT2D eigenvalue weighted by Crippen LogP contribution is -2.37. The summed E-state index contributed by atoms with van der Waals surface area (Å²) in [6.07, 6.45) is 0. The summed E-state index contributed by atoms with van der Waals surface area (Å²) in [7, 11) is 0. The smallest absolute Gasteiger partial charge is 0.139 e. The van der Waals surface area contributed by atoms with Crippen molar-refractivity contribution < 1.29 is 4.42 Å². The molecule has 2 heterocycles. The van der Waals surface area contributed by atoms with Gasteiger partial charge in [-0.3, -0.25) is 9.80 Å². The first-order valence-corrected chi connectivity index (χ1v) is 13.0. The molecule has 0 saturated carbocycles. The summed E-state index contributed by atoms with van der Waals surface area (Å²) < 4.78 is 6.60. The lowest BCUT2D eigenvalue weighted by atomic mass is 9.92. The highest BCUT2D eigenvalue weighted by molar-refractivity contribution is 5.65. The molecule has 3 heteroatoms. The fraction of sp³-hybridized carbons (Fsp3) is 0.176. The van der Waals surface area contributed by atoms with Crippen LogP contribution in [0, 0.1) is 6.92 Å². The van der Waals surface area contributed by atoms with Crippen molar-refractivity contribution in [2.75, 3.05) is 6.67 Å². The van der Waals surface area contributed by atoms with Gasteiger partial charge in [0.05, 0.1) is 12.7 Å². The molecule has 0 fully saturated rings. The largest absolute Gasteiger partial charge is 0.461 e. The molecule has 0 N–H and O–H groups in total. The summed E-state index contributed by atoms with van der Waals surface area (Å²) in [4.78, 5) is 5.16. The standard InChI is InChI=1S/C34H32N2O/c1-26-32-31(34(37-26)30-20-12-5-13-21-30)24-35(22-27-14-6-2-7-15-27)25-36(23-28-16-8-3-9-17-28)33(32)29-18-10-4-11-19-29/h2-21,33H,22-25H2,1H3. The molecule has 1 unspecified atom stereocenters. The van der Waals surface area contributed by atoms with E-state index < -0.39 is 0 Å². The van der Waals surface area contributed by atoms with E-state index in [1.54, 1.807) is 0 Å². The highest BCUT2D eigenvalue weighted by atomic mass is 16.3. The molecule has 37 heavy (non-hydrogen) atoms. The van der Waals surface area contributed by atoms with Crippen LogP contribution < -0.4 is 0 Å². The monoisotopic (exact) mass is 484 g/mol. The predicted octanol–water partition coefficient (Wildman–Crippen LogP) is 7.82. The van der Waals surface area contributed by atoms with Crippen molar-refractivity contribution in [1.29, 1.82) is 0 Å². The van der Waals surface area contributed by atoms with Crippen LogP contribution >= 0.6 is 0 Å². The van der Waals surface area contributed by atoms with Gasteiger partial charge in [0.15, 0.2) is 0 Å². The summed E-state index contributed by atoms with van der Waals surface area (Å²) >= 11 is 0. The molecule has 0 bridgehead atoms. The zero-order valence-electron chi connectivity index (χ0n) is 21.3. The van der Waals surface area contributed by atoms with E-state index in [1.807, 2.05) is 0 Å². The number of aryl methyl sites for hydroxylation is 1. The number of benzene rings is 4. The number of furan rings is 1. The average Bonchev–Trinajstić information content (AvgIpc) is 3.17. The summed E-state index contributed by atoms with van der Waals surface area (Å²) in [5, 5.41) is 0. The fourth-order valence-electron chi connectivity index (χ4n) is 5.66. The van der Waals surface area contributed by atoms with E-state index in [2.05, 4.69) is 138 Å². The first-order valence-electron chi connectivity index (χ1n) is 13.0. The number of fused-ring (bicyclic) bond motifs is 1. The third-order valence-corrected chi connectivity index (χ3v) is 7.26. The van der Waals surface area contributed by atoms with Crippen LogP contribution in [0.15, 0.2) is 126 Å². The third-order valence-electron chi connectivity index (χ3n) is 7.26. The van der Waals surface area contributed by atoms with E-state index in [1.165, 1.54) is 27.8 Å². The van der Waals surface area contributed by atoms with Crippen LogP contribution in [0.3, 0.4) is 0 Å². The van der Waals surface area contributed by atoms with E-state index in [-0.39, 0.29) is 6.04 Å². The molecule has 6 rings (SSSR count). The molecule has 1 aliphatic heterocycles. The molecule has 1 atom stereocenters. The van der Waals surface area contributed by atoms with Gasteiger partial charge in [-0.1, -0.05) is 121 Å². The topological polar surface area (TPSA) is 19.6 Å². The number of hydrogen-bond donors (Lipinski definition) is 0. The average molecular weight is 485 g/mol. The first-order chi connectivity index (χ1) is 18.3. The van der Waals surface area contributed by atoms with Gasteiger partial charge in [-0.15, -0.1) is 0 Å². The van der Waals surface area contributed by atoms with Crippen molar-refractivity contribution >= 4 is 0 Å². The summed E-state index contributed by atoms with van der Waals surface area (Å²) in [6, 6.07) is 43.2. The molecule has 0 aliphatic carbocycles. The summed E-state index contributed by atoms with van der Waals surface area (Å²) in [6.45, 7) is 5.56. The minimum Gasteiger partial charge on any atom is -0.461 e. The molecule has 4 aromatic carbocycles. The van der Waals surface area contributed by atoms with E-state index in [9.17, 15) is 0 Å². The van der Waals surface area contributed by atoms with Crippen molar-refractivity contribution in [2.24, 2.45) is 0 Å². The van der Waals surface area contributed by atoms with Gasteiger partial charge < -0.3 is 4.42 Å². The SMILES string of the molecule is Cc1oc(-c2ccccc2)c2c1C(c1ccccc1)N(Cc1ccccc1)CN(Cc1ccccc1)C2. The van der Waals surface area contributed by atoms with Crippen LogP contribution in [0.2, 0.25) is 0 Å². The van der Waals surface area contributed by atoms with Gasteiger partial charge in [-0.05, 0) is 23.6 Å². The Hall–Kier alpha value is -3.92. The molecule has 1 aliphatic rings. The van der Waals surface area contributed by atoms with Gasteiger partial charge in [-0.2, -0.15) is 0 Å². The molecule has 0 amide bonds. The second-order valence-corrected chi connectivity index (χ2v) is 9.91. The maximum atomic E-state index is 6.60. The van der Waals surface area contributed by atoms with Crippen molar-refractivity contribution in [3.05, 3.63) is 155 Å². The highest BCUT2D eigenvalue weighted by Gasteiger charge is 2.35. The van der Waals surface area contributed by atoms with Crippen molar-refractivity contribution in [2.45, 2.75) is 32.6 Å². The third kappa shape index (κ3) is 5.01. The second-order valence-electron chi connectivity index (χ2n) is 9.91. The Bertz CT molecular complexity index is 1430. The van der Waals surface area contributed by atoms with Crippen LogP contribution in [0.4, 0.5) is 0 Å². The van der Waals surface area contributed by atoms with Crippen LogP contribution in [-0.4, -0.2) is 16.5 Å². The second kappa shape index (κ2) is 10.6. The van der Waals surface area contributed by atoms with E-state index in [4.69, 9.17) is 4.42 Å². The Morgan fingerprint density at radius 2 is 1.22 bits per heavy atom. The normalized spacial score (nSPS) is 16.3. The Labute approximate surface area is 219 Å². The van der Waals surface area contributed by atoms with Crippen molar-refractivity contribution in [3.63, 3.8) is 0 Å². The zero-order valence-corrected chi connectivity index (χ0v) is 21.3. The molecule has 0 saturated heterocycles.